The van der Waals surface area contributed by atoms with Gasteiger partial charge in [-0.25, -0.2) is 4.79 Å². The first-order chi connectivity index (χ1) is 13.5. The van der Waals surface area contributed by atoms with Crippen LogP contribution in [0.15, 0.2) is 36.8 Å². The van der Waals surface area contributed by atoms with Crippen LogP contribution in [0.2, 0.25) is 5.02 Å². The Morgan fingerprint density at radius 2 is 2.04 bits per heavy atom. The Bertz CT molecular complexity index is 1070. The molecular formula is C20H20ClN5O2. The van der Waals surface area contributed by atoms with Crippen LogP contribution in [0.3, 0.4) is 0 Å². The van der Waals surface area contributed by atoms with E-state index in [2.05, 4.69) is 38.5 Å². The number of carbonyl (C=O) groups excluding carboxylic acids is 1. The number of halogens is 1. The molecule has 1 amide bonds. The molecule has 0 bridgehead atoms. The normalized spacial score (nSPS) is 18.5. The van der Waals surface area contributed by atoms with Gasteiger partial charge in [0, 0.05) is 56.3 Å². The molecule has 8 heteroatoms. The van der Waals surface area contributed by atoms with Crippen LogP contribution >= 0.6 is 11.6 Å². The summed E-state index contributed by atoms with van der Waals surface area (Å²) in [6, 6.07) is 6.26. The summed E-state index contributed by atoms with van der Waals surface area (Å²) in [5.41, 5.74) is 3.69. The Kier molecular flexibility index (Phi) is 3.94. The molecule has 0 radical (unpaired) electrons. The van der Waals surface area contributed by atoms with E-state index < -0.39 is 0 Å². The van der Waals surface area contributed by atoms with Crippen LogP contribution in [0, 0.1) is 0 Å². The van der Waals surface area contributed by atoms with Crippen molar-refractivity contribution in [2.75, 3.05) is 24.5 Å². The predicted octanol–water partition coefficient (Wildman–Crippen LogP) is 3.37. The number of nitrogens with zero attached hydrogens (tertiary/aromatic N) is 4. The fourth-order valence-electron chi connectivity index (χ4n) is 4.19. The highest BCUT2D eigenvalue weighted by Crippen LogP contribution is 2.40. The van der Waals surface area contributed by atoms with Gasteiger partial charge in [0.1, 0.15) is 5.60 Å². The second-order valence-electron chi connectivity index (χ2n) is 7.47. The maximum absolute atomic E-state index is 11.5. The van der Waals surface area contributed by atoms with Crippen molar-refractivity contribution in [3.63, 3.8) is 0 Å². The summed E-state index contributed by atoms with van der Waals surface area (Å²) in [6.45, 7) is 2.10. The van der Waals surface area contributed by atoms with Crippen molar-refractivity contribution in [1.82, 2.24) is 20.1 Å². The van der Waals surface area contributed by atoms with Crippen molar-refractivity contribution in [3.05, 3.63) is 41.8 Å². The maximum Gasteiger partial charge on any atom is 0.407 e. The van der Waals surface area contributed by atoms with Gasteiger partial charge in [-0.15, -0.1) is 0 Å². The Labute approximate surface area is 167 Å². The first kappa shape index (κ1) is 17.3. The first-order valence-corrected chi connectivity index (χ1v) is 9.70. The zero-order valence-electron chi connectivity index (χ0n) is 15.5. The average molecular weight is 398 g/mol. The molecule has 2 aliphatic heterocycles. The van der Waals surface area contributed by atoms with Gasteiger partial charge in [0.15, 0.2) is 0 Å². The van der Waals surface area contributed by atoms with E-state index in [0.29, 0.717) is 11.6 Å². The number of benzene rings is 1. The van der Waals surface area contributed by atoms with Gasteiger partial charge < -0.3 is 15.0 Å². The molecule has 5 rings (SSSR count). The second kappa shape index (κ2) is 6.38. The number of piperidine rings is 1. The first-order valence-electron chi connectivity index (χ1n) is 9.32. The summed E-state index contributed by atoms with van der Waals surface area (Å²) >= 11 is 6.60. The third-order valence-electron chi connectivity index (χ3n) is 5.79. The molecule has 1 N–H and O–H groups in total. The lowest BCUT2D eigenvalue weighted by molar-refractivity contribution is 0.0367. The number of hydrogen-bond acceptors (Lipinski definition) is 5. The number of fused-ring (bicyclic) bond motifs is 1. The fourth-order valence-corrected chi connectivity index (χ4v) is 4.47. The van der Waals surface area contributed by atoms with Crippen LogP contribution in [-0.2, 0) is 11.8 Å². The molecule has 2 aliphatic rings. The summed E-state index contributed by atoms with van der Waals surface area (Å²) in [6.07, 6.45) is 6.62. The van der Waals surface area contributed by atoms with Crippen molar-refractivity contribution in [2.24, 2.45) is 7.05 Å². The minimum atomic E-state index is -0.388. The molecule has 0 aliphatic carbocycles. The van der Waals surface area contributed by atoms with Gasteiger partial charge in [-0.1, -0.05) is 23.7 Å². The fraction of sp³-hybridized carbons (Fsp3) is 0.350. The molecule has 3 aromatic rings. The van der Waals surface area contributed by atoms with Crippen LogP contribution in [0.25, 0.3) is 22.0 Å². The van der Waals surface area contributed by atoms with Gasteiger partial charge >= 0.3 is 6.09 Å². The quantitative estimate of drug-likeness (QED) is 0.717. The van der Waals surface area contributed by atoms with E-state index in [0.717, 1.165) is 53.6 Å². The molecule has 1 aromatic carbocycles. The highest BCUT2D eigenvalue weighted by Gasteiger charge is 2.43. The van der Waals surface area contributed by atoms with Crippen molar-refractivity contribution >= 4 is 34.3 Å². The van der Waals surface area contributed by atoms with Gasteiger partial charge in [-0.05, 0) is 11.6 Å². The predicted molar refractivity (Wildman–Crippen MR) is 108 cm³/mol. The van der Waals surface area contributed by atoms with E-state index in [1.165, 1.54) is 0 Å². The number of anilines is 1. The van der Waals surface area contributed by atoms with E-state index in [9.17, 15) is 4.79 Å². The smallest absolute Gasteiger partial charge is 0.407 e. The molecule has 28 heavy (non-hydrogen) atoms. The SMILES string of the molecule is Cn1ncc2ccc(-c3cncc(Cl)c3N3CCC4(CC3)CNC(=O)O4)cc21. The van der Waals surface area contributed by atoms with E-state index in [4.69, 9.17) is 16.3 Å². The molecular weight excluding hydrogens is 378 g/mol. The van der Waals surface area contributed by atoms with E-state index in [1.807, 2.05) is 24.1 Å². The van der Waals surface area contributed by atoms with E-state index >= 15 is 0 Å². The lowest BCUT2D eigenvalue weighted by atomic mass is 9.91. The van der Waals surface area contributed by atoms with E-state index in [1.54, 1.807) is 6.20 Å². The lowest BCUT2D eigenvalue weighted by Gasteiger charge is -2.39. The molecule has 2 aromatic heterocycles. The maximum atomic E-state index is 11.5. The van der Waals surface area contributed by atoms with Crippen LogP contribution in [0.1, 0.15) is 12.8 Å². The zero-order chi connectivity index (χ0) is 19.3. The van der Waals surface area contributed by atoms with Gasteiger partial charge in [0.25, 0.3) is 0 Å². The number of nitrogens with one attached hydrogen (secondary N) is 1. The Balaban J connectivity index is 1.50. The summed E-state index contributed by atoms with van der Waals surface area (Å²) in [5, 5.41) is 8.82. The van der Waals surface area contributed by atoms with Crippen molar-refractivity contribution in [1.29, 1.82) is 0 Å². The number of hydrogen-bond donors (Lipinski definition) is 1. The Morgan fingerprint density at radius 3 is 2.79 bits per heavy atom. The van der Waals surface area contributed by atoms with Crippen molar-refractivity contribution < 1.29 is 9.53 Å². The second-order valence-corrected chi connectivity index (χ2v) is 7.88. The number of amides is 1. The van der Waals surface area contributed by atoms with Crippen LogP contribution < -0.4 is 10.2 Å². The number of ether oxygens (including phenoxy) is 1. The number of aryl methyl sites for hydroxylation is 1. The van der Waals surface area contributed by atoms with Crippen LogP contribution in [0.4, 0.5) is 10.5 Å². The van der Waals surface area contributed by atoms with Crippen molar-refractivity contribution in [3.8, 4) is 11.1 Å². The third-order valence-corrected chi connectivity index (χ3v) is 6.06. The summed E-state index contributed by atoms with van der Waals surface area (Å²) in [4.78, 5) is 18.1. The summed E-state index contributed by atoms with van der Waals surface area (Å²) in [7, 11) is 1.93. The third kappa shape index (κ3) is 2.77. The molecule has 0 atom stereocenters. The number of alkyl carbamates (subject to hydrolysis) is 1. The molecule has 4 heterocycles. The Morgan fingerprint density at radius 1 is 1.21 bits per heavy atom. The zero-order valence-corrected chi connectivity index (χ0v) is 16.2. The average Bonchev–Trinajstić information content (AvgIpc) is 3.25. The van der Waals surface area contributed by atoms with Crippen molar-refractivity contribution in [2.45, 2.75) is 18.4 Å². The van der Waals surface area contributed by atoms with E-state index in [-0.39, 0.29) is 11.7 Å². The van der Waals surface area contributed by atoms with Gasteiger partial charge in [-0.2, -0.15) is 5.10 Å². The highest BCUT2D eigenvalue weighted by molar-refractivity contribution is 6.33. The molecule has 0 saturated carbocycles. The largest absolute Gasteiger partial charge is 0.441 e. The van der Waals surface area contributed by atoms with Crippen LogP contribution in [0.5, 0.6) is 0 Å². The monoisotopic (exact) mass is 397 g/mol. The number of aromatic nitrogens is 3. The number of carbonyl (C=O) groups is 1. The summed E-state index contributed by atoms with van der Waals surface area (Å²) < 4.78 is 7.40. The minimum absolute atomic E-state index is 0.319. The molecule has 2 saturated heterocycles. The molecule has 0 unspecified atom stereocenters. The topological polar surface area (TPSA) is 72.3 Å². The molecule has 7 nitrogen and oxygen atoms in total. The number of pyridine rings is 1. The molecule has 144 valence electrons. The highest BCUT2D eigenvalue weighted by atomic mass is 35.5. The lowest BCUT2D eigenvalue weighted by Crippen LogP contribution is -2.46. The molecule has 2 fully saturated rings. The van der Waals surface area contributed by atoms with Gasteiger partial charge in [0.2, 0.25) is 0 Å². The number of rotatable bonds is 2. The van der Waals surface area contributed by atoms with Gasteiger partial charge in [-0.3, -0.25) is 9.67 Å². The summed E-state index contributed by atoms with van der Waals surface area (Å²) in [5.74, 6) is 0. The van der Waals surface area contributed by atoms with Gasteiger partial charge in [0.05, 0.1) is 29.0 Å². The standard InChI is InChI=1S/C20H20ClN5O2/c1-25-17-8-13(2-3-14(17)9-24-25)15-10-22-11-16(21)18(15)26-6-4-20(5-7-26)12-23-19(27)28-20/h2-3,8-11H,4-7,12H2,1H3,(H,23,27). The molecule has 1 spiro atoms. The van der Waals surface area contributed by atoms with Crippen LogP contribution in [-0.4, -0.2) is 46.1 Å². The Hall–Kier alpha value is -2.80. The minimum Gasteiger partial charge on any atom is -0.441 e.